The number of allylic oxidation sites excluding steroid dienone is 7. The highest BCUT2D eigenvalue weighted by Gasteiger charge is 2.45. The highest BCUT2D eigenvalue weighted by molar-refractivity contribution is 6.10. The number of nitrogens with zero attached hydrogens (tertiary/aromatic N) is 3. The summed E-state index contributed by atoms with van der Waals surface area (Å²) in [5.41, 5.74) is 16.1. The first-order valence-electron chi connectivity index (χ1n) is 26.2. The van der Waals surface area contributed by atoms with Crippen LogP contribution in [0.25, 0.3) is 60.7 Å². The molecule has 0 saturated carbocycles. The third-order valence-electron chi connectivity index (χ3n) is 17.0. The SMILES string of the molecule is C1=CCC(C2NC(c3cc(-n4c5ccccc5c5ccccc54)cc(-n4c5ccccc5c5ccccc54)c3)=CC(C3=CCC(N4C5=C(CC(C6=CCCCC6)CC5)C5C=CCCC54)C=C3)N2)C=C1. The zero-order valence-corrected chi connectivity index (χ0v) is 39.5. The molecule has 0 spiro atoms. The van der Waals surface area contributed by atoms with Gasteiger partial charge in [0.2, 0.25) is 0 Å². The van der Waals surface area contributed by atoms with E-state index in [-0.39, 0.29) is 12.2 Å². The van der Waals surface area contributed by atoms with E-state index in [1.54, 1.807) is 16.8 Å². The molecular formula is C64H61N5. The van der Waals surface area contributed by atoms with Crippen LogP contribution in [0, 0.1) is 17.8 Å². The van der Waals surface area contributed by atoms with E-state index in [1.165, 1.54) is 118 Å². The molecule has 5 aromatic carbocycles. The zero-order chi connectivity index (χ0) is 45.4. The fraction of sp³-hybridized carbons (Fsp3) is 0.281. The first kappa shape index (κ1) is 41.2. The van der Waals surface area contributed by atoms with Crippen molar-refractivity contribution in [3.05, 3.63) is 210 Å². The maximum atomic E-state index is 4.14. The third kappa shape index (κ3) is 6.98. The van der Waals surface area contributed by atoms with Crippen molar-refractivity contribution in [1.82, 2.24) is 24.7 Å². The van der Waals surface area contributed by atoms with Crippen LogP contribution >= 0.6 is 0 Å². The van der Waals surface area contributed by atoms with Gasteiger partial charge < -0.3 is 19.4 Å². The monoisotopic (exact) mass is 899 g/mol. The minimum absolute atomic E-state index is 0.0485. The van der Waals surface area contributed by atoms with Gasteiger partial charge in [0.1, 0.15) is 0 Å². The second kappa shape index (κ2) is 17.0. The Hall–Kier alpha value is -6.82. The number of nitrogens with one attached hydrogen (secondary N) is 2. The average Bonchev–Trinajstić information content (AvgIpc) is 4.07. The lowest BCUT2D eigenvalue weighted by Gasteiger charge is -2.41. The quantitative estimate of drug-likeness (QED) is 0.157. The maximum Gasteiger partial charge on any atom is 0.0842 e. The van der Waals surface area contributed by atoms with Gasteiger partial charge >= 0.3 is 0 Å². The van der Waals surface area contributed by atoms with E-state index in [2.05, 4.69) is 207 Å². The van der Waals surface area contributed by atoms with Gasteiger partial charge in [0.25, 0.3) is 0 Å². The summed E-state index contributed by atoms with van der Waals surface area (Å²) in [6, 6.07) is 43.9. The van der Waals surface area contributed by atoms with Crippen molar-refractivity contribution in [2.24, 2.45) is 17.8 Å². The van der Waals surface area contributed by atoms with Crippen LogP contribution < -0.4 is 10.6 Å². The Balaban J connectivity index is 0.870. The molecule has 7 atom stereocenters. The van der Waals surface area contributed by atoms with Crippen LogP contribution in [-0.2, 0) is 0 Å². The van der Waals surface area contributed by atoms with Gasteiger partial charge in [-0.3, -0.25) is 5.32 Å². The molecule has 7 aliphatic rings. The lowest BCUT2D eigenvalue weighted by Crippen LogP contribution is -2.54. The zero-order valence-electron chi connectivity index (χ0n) is 39.5. The van der Waals surface area contributed by atoms with E-state index in [0.717, 1.165) is 30.1 Å². The molecule has 5 nitrogen and oxygen atoms in total. The third-order valence-corrected chi connectivity index (χ3v) is 17.0. The van der Waals surface area contributed by atoms with Gasteiger partial charge in [-0.2, -0.15) is 0 Å². The molecule has 5 heteroatoms. The van der Waals surface area contributed by atoms with Crippen molar-refractivity contribution >= 4 is 49.3 Å². The van der Waals surface area contributed by atoms with E-state index in [9.17, 15) is 0 Å². The summed E-state index contributed by atoms with van der Waals surface area (Å²) < 4.78 is 4.96. The summed E-state index contributed by atoms with van der Waals surface area (Å²) in [5.74, 6) is 1.65. The highest BCUT2D eigenvalue weighted by atomic mass is 15.2. The van der Waals surface area contributed by atoms with Crippen molar-refractivity contribution < 1.29 is 0 Å². The average molecular weight is 900 g/mol. The van der Waals surface area contributed by atoms with Gasteiger partial charge in [-0.15, -0.1) is 0 Å². The summed E-state index contributed by atoms with van der Waals surface area (Å²) in [4.78, 5) is 2.92. The van der Waals surface area contributed by atoms with E-state index < -0.39 is 0 Å². The van der Waals surface area contributed by atoms with Crippen LogP contribution in [-0.4, -0.2) is 38.3 Å². The molecule has 0 bridgehead atoms. The van der Waals surface area contributed by atoms with Crippen LogP contribution in [0.4, 0.5) is 0 Å². The molecule has 5 aliphatic carbocycles. The van der Waals surface area contributed by atoms with Crippen LogP contribution in [0.3, 0.4) is 0 Å². The van der Waals surface area contributed by atoms with E-state index in [1.807, 2.05) is 0 Å². The smallest absolute Gasteiger partial charge is 0.0842 e. The first-order valence-corrected chi connectivity index (χ1v) is 26.2. The number of hydrogen-bond donors (Lipinski definition) is 2. The second-order valence-electron chi connectivity index (χ2n) is 20.8. The van der Waals surface area contributed by atoms with Gasteiger partial charge in [-0.25, -0.2) is 0 Å². The van der Waals surface area contributed by atoms with Gasteiger partial charge in [0.05, 0.1) is 40.3 Å². The fourth-order valence-electron chi connectivity index (χ4n) is 13.8. The minimum atomic E-state index is 0.0485. The second-order valence-corrected chi connectivity index (χ2v) is 20.8. The summed E-state index contributed by atoms with van der Waals surface area (Å²) in [6.07, 6.45) is 40.7. The molecule has 2 N–H and O–H groups in total. The van der Waals surface area contributed by atoms with E-state index >= 15 is 0 Å². The van der Waals surface area contributed by atoms with Crippen molar-refractivity contribution in [3.63, 3.8) is 0 Å². The first-order chi connectivity index (χ1) is 34.2. The highest BCUT2D eigenvalue weighted by Crippen LogP contribution is 2.51. The van der Waals surface area contributed by atoms with Crippen molar-refractivity contribution in [2.45, 2.75) is 94.9 Å². The van der Waals surface area contributed by atoms with E-state index in [0.29, 0.717) is 23.9 Å². The lowest BCUT2D eigenvalue weighted by atomic mass is 9.75. The molecule has 0 fully saturated rings. The number of benzene rings is 5. The van der Waals surface area contributed by atoms with Crippen molar-refractivity contribution in [2.75, 3.05) is 0 Å². The molecule has 0 saturated heterocycles. The van der Waals surface area contributed by atoms with E-state index in [4.69, 9.17) is 0 Å². The molecule has 7 aromatic rings. The Labute approximate surface area is 406 Å². The molecule has 2 aromatic heterocycles. The number of hydrogen-bond acceptors (Lipinski definition) is 3. The summed E-state index contributed by atoms with van der Waals surface area (Å²) in [7, 11) is 0. The van der Waals surface area contributed by atoms with Gasteiger partial charge in [0, 0.05) is 67.8 Å². The summed E-state index contributed by atoms with van der Waals surface area (Å²) in [5, 5.41) is 13.3. The molecular weight excluding hydrogens is 839 g/mol. The van der Waals surface area contributed by atoms with Crippen molar-refractivity contribution in [3.8, 4) is 11.4 Å². The molecule has 4 heterocycles. The lowest BCUT2D eigenvalue weighted by molar-refractivity contribution is 0.194. The number of fused-ring (bicyclic) bond motifs is 8. The summed E-state index contributed by atoms with van der Waals surface area (Å²) in [6.45, 7) is 0. The molecule has 69 heavy (non-hydrogen) atoms. The number of aromatic nitrogens is 2. The molecule has 14 rings (SSSR count). The Morgan fingerprint density at radius 3 is 1.88 bits per heavy atom. The predicted molar refractivity (Wildman–Crippen MR) is 287 cm³/mol. The predicted octanol–water partition coefficient (Wildman–Crippen LogP) is 14.7. The Kier molecular flexibility index (Phi) is 10.1. The molecule has 0 amide bonds. The molecule has 342 valence electrons. The largest absolute Gasteiger partial charge is 0.369 e. The minimum Gasteiger partial charge on any atom is -0.369 e. The molecule has 2 aliphatic heterocycles. The van der Waals surface area contributed by atoms with Crippen LogP contribution in [0.5, 0.6) is 0 Å². The normalized spacial score (nSPS) is 26.6. The topological polar surface area (TPSA) is 37.2 Å². The number of para-hydroxylation sites is 4. The van der Waals surface area contributed by atoms with Crippen LogP contribution in [0.2, 0.25) is 0 Å². The van der Waals surface area contributed by atoms with Crippen LogP contribution in [0.15, 0.2) is 205 Å². The Morgan fingerprint density at radius 2 is 1.28 bits per heavy atom. The number of rotatable bonds is 7. The van der Waals surface area contributed by atoms with Crippen molar-refractivity contribution in [1.29, 1.82) is 0 Å². The fourth-order valence-corrected chi connectivity index (χ4v) is 13.8. The maximum absolute atomic E-state index is 4.14. The Morgan fingerprint density at radius 1 is 0.594 bits per heavy atom. The Bertz CT molecular complexity index is 3210. The van der Waals surface area contributed by atoms with Gasteiger partial charge in [0.15, 0.2) is 0 Å². The van der Waals surface area contributed by atoms with Gasteiger partial charge in [-0.05, 0) is 136 Å². The standard InChI is InChI=1S/C64H61N5/c1-3-17-42(18-4-1)45-33-36-63-55(39-45)54-25-11-16-30-62(54)67(63)47-34-31-43(32-35-47)56-41-57(66-64(65-56)44-19-5-2-6-20-44)46-37-48(68-58-26-12-7-21-50(58)51-22-8-13-27-59(51)68)40-49(38-46)69-60-28-14-9-23-52(60)53-24-10-15-29-61(53)69/h2,5-15,17,19,21-29,31-32,34,37-38,40-41,44-45,47,54,56,62,64-66H,1,3-4,16,18,20,30,33,35-36,39H2. The molecule has 7 unspecified atom stereocenters. The molecule has 0 radical (unpaired) electrons. The van der Waals surface area contributed by atoms with Gasteiger partial charge in [-0.1, -0.05) is 139 Å². The van der Waals surface area contributed by atoms with Crippen LogP contribution in [0.1, 0.15) is 76.2 Å². The summed E-state index contributed by atoms with van der Waals surface area (Å²) >= 11 is 0.